The van der Waals surface area contributed by atoms with Crippen molar-refractivity contribution in [1.82, 2.24) is 0 Å². The highest BCUT2D eigenvalue weighted by Crippen LogP contribution is 2.68. The molecule has 0 radical (unpaired) electrons. The van der Waals surface area contributed by atoms with Crippen molar-refractivity contribution in [3.05, 3.63) is 40.4 Å². The Bertz CT molecular complexity index is 1120. The zero-order valence-corrected chi connectivity index (χ0v) is 24.6. The summed E-state index contributed by atoms with van der Waals surface area (Å²) >= 11 is 6.87. The van der Waals surface area contributed by atoms with E-state index in [1.807, 2.05) is 6.07 Å². The molecule has 6 atom stereocenters. The Kier molecular flexibility index (Phi) is 6.37. The minimum atomic E-state index is -0.947. The van der Waals surface area contributed by atoms with Crippen LogP contribution in [0.2, 0.25) is 5.02 Å². The van der Waals surface area contributed by atoms with E-state index in [4.69, 9.17) is 21.1 Å². The number of ether oxygens (including phenoxy) is 2. The molecule has 1 aromatic carbocycles. The standard InChI is InChI=1S/C32H46ClNO4/c1-28(2)19-37-32(38-20-28)15-14-30(17-21-16-22(34(4)5)6-8-26(21)33)25-11-12-29(3)24(7-9-27(29)35)23(25)10-13-31(30,36)18-32/h6,8,11,16,23-24,27,35-36H,7,9-10,12-15,17-20H2,1-5H3/t23-,24-,27-,29-,30-,31+/m0/s1. The van der Waals surface area contributed by atoms with Gasteiger partial charge >= 0.3 is 0 Å². The number of allylic oxidation sites excluding steroid dienone is 1. The number of fused-ring (bicyclic) bond motifs is 5. The lowest BCUT2D eigenvalue weighted by atomic mass is 9.45. The molecule has 1 aliphatic heterocycles. The molecule has 3 saturated carbocycles. The molecule has 5 nitrogen and oxygen atoms in total. The second kappa shape index (κ2) is 8.94. The van der Waals surface area contributed by atoms with Gasteiger partial charge in [-0.25, -0.2) is 0 Å². The summed E-state index contributed by atoms with van der Waals surface area (Å²) in [7, 11) is 4.11. The molecule has 0 bridgehead atoms. The third kappa shape index (κ3) is 4.02. The molecule has 1 aromatic rings. The fourth-order valence-corrected chi connectivity index (χ4v) is 9.09. The summed E-state index contributed by atoms with van der Waals surface area (Å²) in [6.07, 6.45) is 9.46. The second-order valence-corrected chi connectivity index (χ2v) is 14.9. The molecule has 1 heterocycles. The maximum absolute atomic E-state index is 12.8. The summed E-state index contributed by atoms with van der Waals surface area (Å²) < 4.78 is 12.9. The topological polar surface area (TPSA) is 62.2 Å². The van der Waals surface area contributed by atoms with Gasteiger partial charge in [-0.1, -0.05) is 44.0 Å². The van der Waals surface area contributed by atoms with E-state index in [0.717, 1.165) is 61.2 Å². The zero-order chi connectivity index (χ0) is 27.1. The molecule has 5 aliphatic rings. The van der Waals surface area contributed by atoms with E-state index in [0.29, 0.717) is 37.9 Å². The number of anilines is 1. The van der Waals surface area contributed by atoms with Crippen LogP contribution < -0.4 is 4.90 Å². The maximum Gasteiger partial charge on any atom is 0.171 e. The van der Waals surface area contributed by atoms with Crippen LogP contribution in [-0.2, 0) is 15.9 Å². The van der Waals surface area contributed by atoms with Gasteiger partial charge in [-0.15, -0.1) is 0 Å². The first-order valence-corrected chi connectivity index (χ1v) is 15.0. The predicted octanol–water partition coefficient (Wildman–Crippen LogP) is 6.14. The number of hydrogen-bond donors (Lipinski definition) is 2. The number of halogens is 1. The molecule has 4 fully saturated rings. The highest BCUT2D eigenvalue weighted by atomic mass is 35.5. The molecule has 1 spiro atoms. The molecular formula is C32H46ClNO4. The van der Waals surface area contributed by atoms with Crippen LogP contribution in [0.5, 0.6) is 0 Å². The summed E-state index contributed by atoms with van der Waals surface area (Å²) in [6, 6.07) is 6.27. The van der Waals surface area contributed by atoms with Gasteiger partial charge in [0.25, 0.3) is 0 Å². The largest absolute Gasteiger partial charge is 0.393 e. The molecule has 210 valence electrons. The molecule has 0 unspecified atom stereocenters. The van der Waals surface area contributed by atoms with Gasteiger partial charge in [0.2, 0.25) is 0 Å². The monoisotopic (exact) mass is 543 g/mol. The van der Waals surface area contributed by atoms with Gasteiger partial charge in [0.15, 0.2) is 5.79 Å². The lowest BCUT2D eigenvalue weighted by Crippen LogP contribution is -2.66. The van der Waals surface area contributed by atoms with Crippen molar-refractivity contribution in [2.75, 3.05) is 32.2 Å². The van der Waals surface area contributed by atoms with Gasteiger partial charge in [-0.3, -0.25) is 0 Å². The van der Waals surface area contributed by atoms with Gasteiger partial charge < -0.3 is 24.6 Å². The van der Waals surface area contributed by atoms with Crippen molar-refractivity contribution < 1.29 is 19.7 Å². The van der Waals surface area contributed by atoms with Crippen molar-refractivity contribution in [2.45, 2.75) is 96.1 Å². The van der Waals surface area contributed by atoms with Crippen molar-refractivity contribution in [2.24, 2.45) is 28.1 Å². The lowest BCUT2D eigenvalue weighted by molar-refractivity contribution is -0.343. The molecule has 38 heavy (non-hydrogen) atoms. The third-order valence-electron chi connectivity index (χ3n) is 11.3. The fourth-order valence-electron chi connectivity index (χ4n) is 8.91. The van der Waals surface area contributed by atoms with Gasteiger partial charge in [0.05, 0.1) is 24.9 Å². The van der Waals surface area contributed by atoms with Crippen LogP contribution in [-0.4, -0.2) is 55.0 Å². The molecule has 6 heteroatoms. The zero-order valence-electron chi connectivity index (χ0n) is 23.9. The number of benzene rings is 1. The summed E-state index contributed by atoms with van der Waals surface area (Å²) in [5.41, 5.74) is 2.18. The summed E-state index contributed by atoms with van der Waals surface area (Å²) in [6.45, 7) is 7.93. The van der Waals surface area contributed by atoms with Crippen LogP contribution in [0, 0.1) is 28.1 Å². The van der Waals surface area contributed by atoms with E-state index >= 15 is 0 Å². The number of hydrogen-bond acceptors (Lipinski definition) is 5. The average molecular weight is 544 g/mol. The normalized spacial score (nSPS) is 41.2. The number of rotatable bonds is 3. The minimum absolute atomic E-state index is 0.0140. The molecular weight excluding hydrogens is 498 g/mol. The summed E-state index contributed by atoms with van der Waals surface area (Å²) in [5, 5.41) is 24.5. The van der Waals surface area contributed by atoms with Gasteiger partial charge in [0.1, 0.15) is 0 Å². The maximum atomic E-state index is 12.8. The van der Waals surface area contributed by atoms with Crippen molar-refractivity contribution in [3.63, 3.8) is 0 Å². The van der Waals surface area contributed by atoms with Crippen LogP contribution >= 0.6 is 11.6 Å². The minimum Gasteiger partial charge on any atom is -0.393 e. The Labute approximate surface area is 233 Å². The highest BCUT2D eigenvalue weighted by molar-refractivity contribution is 6.31. The van der Waals surface area contributed by atoms with Crippen molar-refractivity contribution in [3.8, 4) is 0 Å². The first-order chi connectivity index (χ1) is 17.8. The van der Waals surface area contributed by atoms with E-state index in [1.54, 1.807) is 0 Å². The number of aliphatic hydroxyl groups is 2. The Morgan fingerprint density at radius 2 is 1.76 bits per heavy atom. The van der Waals surface area contributed by atoms with Crippen LogP contribution in [0.4, 0.5) is 5.69 Å². The van der Waals surface area contributed by atoms with Gasteiger partial charge in [-0.05, 0) is 80.5 Å². The van der Waals surface area contributed by atoms with E-state index in [2.05, 4.69) is 58.0 Å². The number of aliphatic hydroxyl groups excluding tert-OH is 1. The molecule has 0 amide bonds. The first-order valence-electron chi connectivity index (χ1n) is 14.7. The van der Waals surface area contributed by atoms with Crippen LogP contribution in [0.15, 0.2) is 29.8 Å². The van der Waals surface area contributed by atoms with Crippen LogP contribution in [0.1, 0.15) is 77.7 Å². The molecule has 6 rings (SSSR count). The van der Waals surface area contributed by atoms with Gasteiger partial charge in [0, 0.05) is 53.9 Å². The molecule has 0 aromatic heterocycles. The molecule has 4 aliphatic carbocycles. The Balaban J connectivity index is 1.43. The van der Waals surface area contributed by atoms with E-state index in [9.17, 15) is 10.2 Å². The van der Waals surface area contributed by atoms with Crippen molar-refractivity contribution in [1.29, 1.82) is 0 Å². The predicted molar refractivity (Wildman–Crippen MR) is 151 cm³/mol. The lowest BCUT2D eigenvalue weighted by Gasteiger charge is -2.64. The Morgan fingerprint density at radius 1 is 1.03 bits per heavy atom. The number of nitrogens with zero attached hydrogens (tertiary/aromatic N) is 1. The van der Waals surface area contributed by atoms with Crippen LogP contribution in [0.25, 0.3) is 0 Å². The third-order valence-corrected chi connectivity index (χ3v) is 11.7. The highest BCUT2D eigenvalue weighted by Gasteiger charge is 2.66. The van der Waals surface area contributed by atoms with Gasteiger partial charge in [-0.2, -0.15) is 0 Å². The Hall–Kier alpha value is -1.11. The van der Waals surface area contributed by atoms with Crippen LogP contribution in [0.3, 0.4) is 0 Å². The average Bonchev–Trinajstić information content (AvgIpc) is 3.17. The fraction of sp³-hybridized carbons (Fsp3) is 0.750. The van der Waals surface area contributed by atoms with E-state index in [-0.39, 0.29) is 16.9 Å². The summed E-state index contributed by atoms with van der Waals surface area (Å²) in [5.74, 6) is 0.132. The molecule has 2 N–H and O–H groups in total. The molecule has 1 saturated heterocycles. The smallest absolute Gasteiger partial charge is 0.171 e. The van der Waals surface area contributed by atoms with Crippen molar-refractivity contribution >= 4 is 17.3 Å². The summed E-state index contributed by atoms with van der Waals surface area (Å²) in [4.78, 5) is 2.11. The Morgan fingerprint density at radius 3 is 2.47 bits per heavy atom. The SMILES string of the molecule is CN(C)c1ccc(Cl)c(C[C@]23CCC4(C[C@]2(O)CC[C@@H]2C3=CC[C@]3(C)[C@@H](O)CC[C@@H]23)OCC(C)(C)CO4)c1. The quantitative estimate of drug-likeness (QED) is 0.449. The first kappa shape index (κ1) is 27.1. The van der Waals surface area contributed by atoms with E-state index < -0.39 is 16.8 Å². The second-order valence-electron chi connectivity index (χ2n) is 14.5. The van der Waals surface area contributed by atoms with E-state index in [1.165, 1.54) is 5.57 Å².